The molecule has 3 rings (SSSR count). The highest BCUT2D eigenvalue weighted by molar-refractivity contribution is 6.17. The van der Waals surface area contributed by atoms with E-state index in [4.69, 9.17) is 4.42 Å². The van der Waals surface area contributed by atoms with Crippen LogP contribution >= 0.6 is 0 Å². The van der Waals surface area contributed by atoms with Crippen molar-refractivity contribution in [3.8, 4) is 0 Å². The predicted molar refractivity (Wildman–Crippen MR) is 91.2 cm³/mol. The molecule has 0 radical (unpaired) electrons. The van der Waals surface area contributed by atoms with Gasteiger partial charge in [-0.25, -0.2) is 0 Å². The smallest absolute Gasteiger partial charge is 0.305 e. The molecule has 0 bridgehead atoms. The van der Waals surface area contributed by atoms with Crippen molar-refractivity contribution >= 4 is 22.7 Å². The third-order valence-electron chi connectivity index (χ3n) is 3.96. The van der Waals surface area contributed by atoms with E-state index in [1.807, 2.05) is 43.3 Å². The summed E-state index contributed by atoms with van der Waals surface area (Å²) in [5.41, 5.74) is 2.83. The fraction of sp³-hybridized carbons (Fsp3) is 0.200. The van der Waals surface area contributed by atoms with Crippen LogP contribution in [-0.2, 0) is 16.0 Å². The molecule has 24 heavy (non-hydrogen) atoms. The summed E-state index contributed by atoms with van der Waals surface area (Å²) >= 11 is 0. The zero-order valence-corrected chi connectivity index (χ0v) is 13.7. The Morgan fingerprint density at radius 3 is 2.54 bits per heavy atom. The van der Waals surface area contributed by atoms with Gasteiger partial charge in [0.2, 0.25) is 0 Å². The van der Waals surface area contributed by atoms with Crippen molar-refractivity contribution in [2.45, 2.75) is 19.8 Å². The molecule has 0 aliphatic rings. The topological polar surface area (TPSA) is 56.5 Å². The van der Waals surface area contributed by atoms with Crippen LogP contribution in [0.1, 0.15) is 33.7 Å². The standard InChI is InChI=1S/C20H18O4/c1-13-8-9-16-15(12-13)19(17(24-16)10-11-18(21)23-2)20(22)14-6-4-3-5-7-14/h3-9,12H,10-11H2,1-2H3. The maximum absolute atomic E-state index is 13.0. The third-order valence-corrected chi connectivity index (χ3v) is 3.96. The number of carbonyl (C=O) groups is 2. The Morgan fingerprint density at radius 2 is 1.83 bits per heavy atom. The van der Waals surface area contributed by atoms with E-state index in [0.29, 0.717) is 28.9 Å². The molecular formula is C20H18O4. The first kappa shape index (κ1) is 16.0. The Kier molecular flexibility index (Phi) is 4.47. The maximum atomic E-state index is 13.0. The van der Waals surface area contributed by atoms with Gasteiger partial charge in [-0.1, -0.05) is 42.0 Å². The molecule has 0 N–H and O–H groups in total. The number of methoxy groups -OCH3 is 1. The van der Waals surface area contributed by atoms with E-state index in [-0.39, 0.29) is 18.2 Å². The van der Waals surface area contributed by atoms with Gasteiger partial charge in [0.15, 0.2) is 5.78 Å². The van der Waals surface area contributed by atoms with Gasteiger partial charge in [0.1, 0.15) is 11.3 Å². The van der Waals surface area contributed by atoms with Crippen LogP contribution in [0.25, 0.3) is 11.0 Å². The van der Waals surface area contributed by atoms with E-state index in [0.717, 1.165) is 10.9 Å². The minimum absolute atomic E-state index is 0.0974. The van der Waals surface area contributed by atoms with E-state index < -0.39 is 0 Å². The molecule has 3 aromatic rings. The summed E-state index contributed by atoms with van der Waals surface area (Å²) in [7, 11) is 1.35. The third kappa shape index (κ3) is 3.08. The number of carbonyl (C=O) groups excluding carboxylic acids is 2. The van der Waals surface area contributed by atoms with Gasteiger partial charge in [-0.3, -0.25) is 9.59 Å². The second-order valence-electron chi connectivity index (χ2n) is 5.67. The zero-order chi connectivity index (χ0) is 17.1. The first-order chi connectivity index (χ1) is 11.6. The van der Waals surface area contributed by atoms with Gasteiger partial charge < -0.3 is 9.15 Å². The Bertz CT molecular complexity index is 891. The number of esters is 1. The highest BCUT2D eigenvalue weighted by atomic mass is 16.5. The number of ketones is 1. The van der Waals surface area contributed by atoms with Gasteiger partial charge in [-0.15, -0.1) is 0 Å². The van der Waals surface area contributed by atoms with Crippen molar-refractivity contribution in [2.24, 2.45) is 0 Å². The highest BCUT2D eigenvalue weighted by Gasteiger charge is 2.22. The van der Waals surface area contributed by atoms with Gasteiger partial charge in [0, 0.05) is 17.4 Å². The second kappa shape index (κ2) is 6.71. The van der Waals surface area contributed by atoms with Crippen molar-refractivity contribution in [3.63, 3.8) is 0 Å². The average molecular weight is 322 g/mol. The molecule has 0 unspecified atom stereocenters. The van der Waals surface area contributed by atoms with Gasteiger partial charge in [0.05, 0.1) is 19.1 Å². The lowest BCUT2D eigenvalue weighted by Crippen LogP contribution is -2.06. The van der Waals surface area contributed by atoms with Crippen LogP contribution in [-0.4, -0.2) is 18.9 Å². The Balaban J connectivity index is 2.10. The molecule has 0 fully saturated rings. The van der Waals surface area contributed by atoms with Gasteiger partial charge in [0.25, 0.3) is 0 Å². The first-order valence-electron chi connectivity index (χ1n) is 7.78. The van der Waals surface area contributed by atoms with Crippen LogP contribution in [0.2, 0.25) is 0 Å². The summed E-state index contributed by atoms with van der Waals surface area (Å²) in [6.07, 6.45) is 0.499. The average Bonchev–Trinajstić information content (AvgIpc) is 2.97. The van der Waals surface area contributed by atoms with Crippen LogP contribution in [0, 0.1) is 6.92 Å². The zero-order valence-electron chi connectivity index (χ0n) is 13.7. The Morgan fingerprint density at radius 1 is 1.08 bits per heavy atom. The van der Waals surface area contributed by atoms with E-state index in [9.17, 15) is 9.59 Å². The summed E-state index contributed by atoms with van der Waals surface area (Å²) in [5.74, 6) is 0.0967. The van der Waals surface area contributed by atoms with Gasteiger partial charge in [-0.05, 0) is 19.1 Å². The van der Waals surface area contributed by atoms with Crippen LogP contribution in [0.4, 0.5) is 0 Å². The summed E-state index contributed by atoms with van der Waals surface area (Å²) in [5, 5.41) is 0.781. The number of benzene rings is 2. The molecular weight excluding hydrogens is 304 g/mol. The largest absolute Gasteiger partial charge is 0.469 e. The van der Waals surface area contributed by atoms with E-state index in [1.54, 1.807) is 12.1 Å². The summed E-state index contributed by atoms with van der Waals surface area (Å²) < 4.78 is 10.5. The lowest BCUT2D eigenvalue weighted by molar-refractivity contribution is -0.140. The molecule has 0 saturated carbocycles. The summed E-state index contributed by atoms with van der Waals surface area (Å²) in [6.45, 7) is 1.97. The molecule has 122 valence electrons. The van der Waals surface area contributed by atoms with Crippen molar-refractivity contribution in [1.29, 1.82) is 0 Å². The molecule has 2 aromatic carbocycles. The molecule has 1 heterocycles. The van der Waals surface area contributed by atoms with Crippen LogP contribution < -0.4 is 0 Å². The molecule has 0 atom stereocenters. The number of furan rings is 1. The fourth-order valence-electron chi connectivity index (χ4n) is 2.74. The Labute approximate surface area is 140 Å². The van der Waals surface area contributed by atoms with Gasteiger partial charge >= 0.3 is 5.97 Å². The summed E-state index contributed by atoms with van der Waals surface area (Å²) in [6, 6.07) is 14.8. The quantitative estimate of drug-likeness (QED) is 0.525. The lowest BCUT2D eigenvalue weighted by Gasteiger charge is -2.03. The molecule has 4 nitrogen and oxygen atoms in total. The van der Waals surface area contributed by atoms with Crippen LogP contribution in [0.3, 0.4) is 0 Å². The summed E-state index contributed by atoms with van der Waals surface area (Å²) in [4.78, 5) is 24.4. The van der Waals surface area contributed by atoms with E-state index in [1.165, 1.54) is 7.11 Å². The maximum Gasteiger partial charge on any atom is 0.305 e. The minimum Gasteiger partial charge on any atom is -0.469 e. The number of hydrogen-bond donors (Lipinski definition) is 0. The van der Waals surface area contributed by atoms with Crippen molar-refractivity contribution in [2.75, 3.05) is 7.11 Å². The predicted octanol–water partition coefficient (Wildman–Crippen LogP) is 4.08. The van der Waals surface area contributed by atoms with Crippen LogP contribution in [0.15, 0.2) is 52.9 Å². The molecule has 0 amide bonds. The normalized spacial score (nSPS) is 10.8. The molecule has 0 aliphatic heterocycles. The number of ether oxygens (including phenoxy) is 1. The second-order valence-corrected chi connectivity index (χ2v) is 5.67. The van der Waals surface area contributed by atoms with Crippen LogP contribution in [0.5, 0.6) is 0 Å². The monoisotopic (exact) mass is 322 g/mol. The SMILES string of the molecule is COC(=O)CCc1oc2ccc(C)cc2c1C(=O)c1ccccc1. The van der Waals surface area contributed by atoms with E-state index >= 15 is 0 Å². The lowest BCUT2D eigenvalue weighted by atomic mass is 9.98. The molecule has 0 saturated heterocycles. The van der Waals surface area contributed by atoms with E-state index in [2.05, 4.69) is 4.74 Å². The Hall–Kier alpha value is -2.88. The number of rotatable bonds is 5. The first-order valence-corrected chi connectivity index (χ1v) is 7.78. The minimum atomic E-state index is -0.329. The van der Waals surface area contributed by atoms with Crippen molar-refractivity contribution < 1.29 is 18.7 Å². The number of aryl methyl sites for hydroxylation is 2. The number of fused-ring (bicyclic) bond motifs is 1. The highest BCUT2D eigenvalue weighted by Crippen LogP contribution is 2.30. The van der Waals surface area contributed by atoms with Crippen molar-refractivity contribution in [3.05, 3.63) is 71.0 Å². The molecule has 0 aliphatic carbocycles. The van der Waals surface area contributed by atoms with Crippen molar-refractivity contribution in [1.82, 2.24) is 0 Å². The molecule has 0 spiro atoms. The molecule has 4 heteroatoms. The molecule has 1 aromatic heterocycles. The van der Waals surface area contributed by atoms with Gasteiger partial charge in [-0.2, -0.15) is 0 Å². The number of hydrogen-bond acceptors (Lipinski definition) is 4. The fourth-order valence-corrected chi connectivity index (χ4v) is 2.74.